The molecule has 0 saturated heterocycles. The van der Waals surface area contributed by atoms with Crippen LogP contribution in [0.3, 0.4) is 0 Å². The van der Waals surface area contributed by atoms with Crippen LogP contribution in [0.15, 0.2) is 42.5 Å². The van der Waals surface area contributed by atoms with Crippen LogP contribution in [0.2, 0.25) is 0 Å². The van der Waals surface area contributed by atoms with Gasteiger partial charge in [-0.1, -0.05) is 24.3 Å². The highest BCUT2D eigenvalue weighted by Crippen LogP contribution is 2.28. The van der Waals surface area contributed by atoms with Crippen LogP contribution < -0.4 is 10.8 Å². The Morgan fingerprint density at radius 3 is 2.86 bits per heavy atom. The quantitative estimate of drug-likeness (QED) is 0.397. The zero-order valence-corrected chi connectivity index (χ0v) is 15.9. The van der Waals surface area contributed by atoms with E-state index in [1.54, 1.807) is 17.6 Å². The lowest BCUT2D eigenvalue weighted by molar-refractivity contribution is -0.134. The van der Waals surface area contributed by atoms with Gasteiger partial charge in [-0.15, -0.1) is 0 Å². The van der Waals surface area contributed by atoms with E-state index in [0.717, 1.165) is 28.8 Å². The second-order valence-electron chi connectivity index (χ2n) is 7.70. The van der Waals surface area contributed by atoms with Crippen molar-refractivity contribution in [1.29, 1.82) is 0 Å². The van der Waals surface area contributed by atoms with E-state index in [-0.39, 0.29) is 11.9 Å². The molecule has 2 amide bonds. The van der Waals surface area contributed by atoms with E-state index in [1.165, 1.54) is 10.9 Å². The molecular formula is C22H22N4O3. The highest BCUT2D eigenvalue weighted by atomic mass is 16.5. The van der Waals surface area contributed by atoms with E-state index in [9.17, 15) is 9.59 Å². The second kappa shape index (κ2) is 7.02. The van der Waals surface area contributed by atoms with E-state index in [2.05, 4.69) is 22.4 Å². The number of benzene rings is 2. The summed E-state index contributed by atoms with van der Waals surface area (Å²) in [5, 5.41) is 13.4. The first-order chi connectivity index (χ1) is 14.1. The van der Waals surface area contributed by atoms with Crippen LogP contribution in [-0.2, 0) is 30.7 Å². The second-order valence-corrected chi connectivity index (χ2v) is 7.70. The summed E-state index contributed by atoms with van der Waals surface area (Å²) in [6, 6.07) is 13.3. The molecule has 7 heteroatoms. The van der Waals surface area contributed by atoms with Gasteiger partial charge in [0, 0.05) is 41.8 Å². The molecule has 0 aliphatic carbocycles. The lowest BCUT2D eigenvalue weighted by atomic mass is 9.94. The summed E-state index contributed by atoms with van der Waals surface area (Å²) in [7, 11) is 0. The van der Waals surface area contributed by atoms with Crippen molar-refractivity contribution in [2.75, 3.05) is 6.54 Å². The molecule has 148 valence electrons. The van der Waals surface area contributed by atoms with E-state index in [4.69, 9.17) is 5.21 Å². The van der Waals surface area contributed by atoms with Crippen molar-refractivity contribution in [2.45, 2.75) is 32.0 Å². The summed E-state index contributed by atoms with van der Waals surface area (Å²) in [6.07, 6.45) is 1.42. The van der Waals surface area contributed by atoms with Gasteiger partial charge in [0.2, 0.25) is 5.91 Å². The van der Waals surface area contributed by atoms with Gasteiger partial charge in [0.1, 0.15) is 0 Å². The molecule has 3 aromatic rings. The summed E-state index contributed by atoms with van der Waals surface area (Å²) in [5.74, 6) is -0.458. The predicted molar refractivity (Wildman–Crippen MR) is 107 cm³/mol. The van der Waals surface area contributed by atoms with Crippen LogP contribution in [-0.4, -0.2) is 39.5 Å². The molecule has 2 aromatic carbocycles. The Bertz CT molecular complexity index is 1120. The van der Waals surface area contributed by atoms with Gasteiger partial charge in [-0.05, 0) is 47.7 Å². The summed E-state index contributed by atoms with van der Waals surface area (Å²) in [4.78, 5) is 30.3. The van der Waals surface area contributed by atoms with E-state index in [0.29, 0.717) is 31.6 Å². The van der Waals surface area contributed by atoms with Gasteiger partial charge in [-0.2, -0.15) is 0 Å². The topological polar surface area (TPSA) is 97.5 Å². The van der Waals surface area contributed by atoms with Crippen molar-refractivity contribution in [1.82, 2.24) is 20.7 Å². The molecule has 1 atom stereocenters. The number of amides is 2. The Labute approximate surface area is 167 Å². The van der Waals surface area contributed by atoms with Crippen molar-refractivity contribution >= 4 is 22.7 Å². The van der Waals surface area contributed by atoms with E-state index >= 15 is 0 Å². The number of fused-ring (bicyclic) bond motifs is 4. The summed E-state index contributed by atoms with van der Waals surface area (Å²) in [5.41, 5.74) is 7.62. The van der Waals surface area contributed by atoms with Crippen molar-refractivity contribution in [3.05, 3.63) is 70.4 Å². The molecule has 3 heterocycles. The van der Waals surface area contributed by atoms with Crippen LogP contribution in [0.4, 0.5) is 0 Å². The summed E-state index contributed by atoms with van der Waals surface area (Å²) in [6.45, 7) is 1.78. The number of aromatic amines is 1. The smallest absolute Gasteiger partial charge is 0.274 e. The average molecular weight is 390 g/mol. The summed E-state index contributed by atoms with van der Waals surface area (Å²) < 4.78 is 0. The molecule has 5 rings (SSSR count). The lowest BCUT2D eigenvalue weighted by Gasteiger charge is -2.33. The molecule has 0 spiro atoms. The predicted octanol–water partition coefficient (Wildman–Crippen LogP) is 1.89. The van der Waals surface area contributed by atoms with E-state index in [1.807, 2.05) is 23.1 Å². The standard InChI is InChI=1S/C22H22N4O3/c27-21(25-29)14-6-5-13-7-8-26(12-15(13)9-14)22(28)19-10-17-16-3-1-2-4-18(16)24-20(17)11-23-19/h1-6,9,19,23-24,29H,7-8,10-12H2,(H,25,27). The van der Waals surface area contributed by atoms with Crippen molar-refractivity contribution in [3.8, 4) is 0 Å². The highest BCUT2D eigenvalue weighted by molar-refractivity contribution is 5.93. The van der Waals surface area contributed by atoms with Crippen molar-refractivity contribution < 1.29 is 14.8 Å². The third-order valence-electron chi connectivity index (χ3n) is 6.03. The van der Waals surface area contributed by atoms with Crippen molar-refractivity contribution in [3.63, 3.8) is 0 Å². The maximum atomic E-state index is 13.2. The maximum Gasteiger partial charge on any atom is 0.274 e. The fraction of sp³-hybridized carbons (Fsp3) is 0.273. The van der Waals surface area contributed by atoms with Gasteiger partial charge < -0.3 is 9.88 Å². The molecule has 29 heavy (non-hydrogen) atoms. The number of nitrogens with one attached hydrogen (secondary N) is 3. The minimum absolute atomic E-state index is 0.0867. The molecule has 7 nitrogen and oxygen atoms in total. The van der Waals surface area contributed by atoms with Gasteiger partial charge in [-0.3, -0.25) is 20.1 Å². The first-order valence-electron chi connectivity index (χ1n) is 9.81. The van der Waals surface area contributed by atoms with Crippen LogP contribution in [0.25, 0.3) is 10.9 Å². The highest BCUT2D eigenvalue weighted by Gasteiger charge is 2.31. The van der Waals surface area contributed by atoms with E-state index < -0.39 is 5.91 Å². The number of H-pyrrole nitrogens is 1. The van der Waals surface area contributed by atoms with Crippen LogP contribution in [0.5, 0.6) is 0 Å². The number of hydrogen-bond donors (Lipinski definition) is 4. The largest absolute Gasteiger partial charge is 0.357 e. The fourth-order valence-electron chi connectivity index (χ4n) is 4.49. The number of para-hydroxylation sites is 1. The molecule has 4 N–H and O–H groups in total. The Balaban J connectivity index is 1.36. The number of aromatic nitrogens is 1. The number of nitrogens with zero attached hydrogens (tertiary/aromatic N) is 1. The third kappa shape index (κ3) is 3.08. The molecular weight excluding hydrogens is 368 g/mol. The normalized spacial score (nSPS) is 18.2. The Kier molecular flexibility index (Phi) is 4.34. The molecule has 1 aromatic heterocycles. The van der Waals surface area contributed by atoms with Gasteiger partial charge in [-0.25, -0.2) is 5.48 Å². The van der Waals surface area contributed by atoms with Crippen LogP contribution in [0.1, 0.15) is 32.7 Å². The number of carbonyl (C=O) groups excluding carboxylic acids is 2. The SMILES string of the molecule is O=C(NO)c1ccc2c(c1)CN(C(=O)C1Cc3c([nH]c4ccccc34)CN1)CC2. The monoisotopic (exact) mass is 390 g/mol. The fourth-order valence-corrected chi connectivity index (χ4v) is 4.49. The van der Waals surface area contributed by atoms with Gasteiger partial charge in [0.15, 0.2) is 0 Å². The minimum atomic E-state index is -0.544. The Hall–Kier alpha value is -3.16. The number of hydroxylamine groups is 1. The lowest BCUT2D eigenvalue weighted by Crippen LogP contribution is -2.50. The first-order valence-corrected chi connectivity index (χ1v) is 9.81. The summed E-state index contributed by atoms with van der Waals surface area (Å²) >= 11 is 0. The van der Waals surface area contributed by atoms with Crippen LogP contribution >= 0.6 is 0 Å². The molecule has 0 fully saturated rings. The third-order valence-corrected chi connectivity index (χ3v) is 6.03. The molecule has 1 unspecified atom stereocenters. The number of rotatable bonds is 2. The molecule has 0 bridgehead atoms. The molecule has 2 aliphatic rings. The molecule has 0 radical (unpaired) electrons. The van der Waals surface area contributed by atoms with Gasteiger partial charge >= 0.3 is 0 Å². The Morgan fingerprint density at radius 1 is 1.14 bits per heavy atom. The van der Waals surface area contributed by atoms with Gasteiger partial charge in [0.05, 0.1) is 6.04 Å². The zero-order valence-electron chi connectivity index (χ0n) is 15.9. The Morgan fingerprint density at radius 2 is 2.00 bits per heavy atom. The average Bonchev–Trinajstić information content (AvgIpc) is 3.15. The first kappa shape index (κ1) is 17.9. The number of hydrogen-bond acceptors (Lipinski definition) is 4. The van der Waals surface area contributed by atoms with Crippen LogP contribution in [0, 0.1) is 0 Å². The van der Waals surface area contributed by atoms with Crippen molar-refractivity contribution in [2.24, 2.45) is 0 Å². The minimum Gasteiger partial charge on any atom is -0.357 e. The van der Waals surface area contributed by atoms with Gasteiger partial charge in [0.25, 0.3) is 5.91 Å². The molecule has 0 saturated carbocycles. The number of carbonyl (C=O) groups is 2. The zero-order chi connectivity index (χ0) is 20.0. The maximum absolute atomic E-state index is 13.2. The molecule has 2 aliphatic heterocycles.